The maximum atomic E-state index is 11.2. The molecule has 0 spiro atoms. The number of nitrogens with zero attached hydrogens (tertiary/aromatic N) is 4. The van der Waals surface area contributed by atoms with Crippen LogP contribution in [0.15, 0.2) is 28.9 Å². The molecule has 0 radical (unpaired) electrons. The third-order valence-electron chi connectivity index (χ3n) is 6.15. The van der Waals surface area contributed by atoms with Crippen molar-refractivity contribution in [3.63, 3.8) is 0 Å². The van der Waals surface area contributed by atoms with Crippen molar-refractivity contribution in [3.8, 4) is 28.6 Å². The van der Waals surface area contributed by atoms with Crippen LogP contribution in [0.25, 0.3) is 22.8 Å². The molecule has 2 heterocycles. The third-order valence-corrected chi connectivity index (χ3v) is 6.15. The van der Waals surface area contributed by atoms with Gasteiger partial charge >= 0.3 is 0 Å². The van der Waals surface area contributed by atoms with Gasteiger partial charge < -0.3 is 29.7 Å². The van der Waals surface area contributed by atoms with Crippen molar-refractivity contribution in [3.05, 3.63) is 41.1 Å². The Morgan fingerprint density at radius 3 is 2.46 bits per heavy atom. The number of ether oxygens (including phenoxy) is 1. The summed E-state index contributed by atoms with van der Waals surface area (Å²) in [5, 5.41) is 25.5. The van der Waals surface area contributed by atoms with Gasteiger partial charge in [0, 0.05) is 31.4 Å². The summed E-state index contributed by atoms with van der Waals surface area (Å²) in [5.41, 5.74) is 4.51. The average Bonchev–Trinajstić information content (AvgIpc) is 3.41. The molecule has 3 N–H and O–H groups in total. The number of aliphatic hydroxyl groups excluding tert-OH is 2. The molecular weight excluding hydrogens is 474 g/mol. The Labute approximate surface area is 217 Å². The van der Waals surface area contributed by atoms with E-state index >= 15 is 0 Å². The highest BCUT2D eigenvalue weighted by Crippen LogP contribution is 2.32. The van der Waals surface area contributed by atoms with Crippen molar-refractivity contribution in [2.24, 2.45) is 0 Å². The van der Waals surface area contributed by atoms with Crippen molar-refractivity contribution >= 4 is 11.7 Å². The lowest BCUT2D eigenvalue weighted by molar-refractivity contribution is -0.124. The topological polar surface area (TPSA) is 134 Å². The molecule has 0 aliphatic rings. The first-order valence-corrected chi connectivity index (χ1v) is 12.7. The predicted octanol–water partition coefficient (Wildman–Crippen LogP) is 2.93. The van der Waals surface area contributed by atoms with Crippen LogP contribution in [0.1, 0.15) is 44.4 Å². The van der Waals surface area contributed by atoms with Gasteiger partial charge in [0.1, 0.15) is 30.9 Å². The maximum Gasteiger partial charge on any atom is 0.259 e. The monoisotopic (exact) mass is 511 g/mol. The first-order chi connectivity index (χ1) is 17.8. The van der Waals surface area contributed by atoms with Gasteiger partial charge in [-0.3, -0.25) is 4.79 Å². The minimum absolute atomic E-state index is 0.00149. The normalized spacial score (nSPS) is 11.9. The number of nitrogens with one attached hydrogen (secondary N) is 1. The second-order valence-electron chi connectivity index (χ2n) is 8.72. The van der Waals surface area contributed by atoms with Gasteiger partial charge in [0.05, 0.1) is 5.56 Å². The van der Waals surface area contributed by atoms with Gasteiger partial charge in [-0.05, 0) is 68.5 Å². The van der Waals surface area contributed by atoms with Gasteiger partial charge in [0.25, 0.3) is 5.89 Å². The lowest BCUT2D eigenvalue weighted by atomic mass is 10.0. The van der Waals surface area contributed by atoms with Crippen LogP contribution >= 0.6 is 0 Å². The molecule has 10 nitrogen and oxygen atoms in total. The number of rotatable bonds is 13. The Morgan fingerprint density at radius 1 is 1.11 bits per heavy atom. The predicted molar refractivity (Wildman–Crippen MR) is 142 cm³/mol. The van der Waals surface area contributed by atoms with Crippen LogP contribution in [0.5, 0.6) is 5.75 Å². The molecule has 10 heteroatoms. The molecule has 1 amide bonds. The minimum atomic E-state index is -0.909. The van der Waals surface area contributed by atoms with Crippen molar-refractivity contribution in [2.45, 2.75) is 53.6 Å². The second-order valence-corrected chi connectivity index (χ2v) is 8.72. The van der Waals surface area contributed by atoms with Gasteiger partial charge in [-0.2, -0.15) is 4.98 Å². The number of anilines is 1. The number of aliphatic hydroxyl groups is 2. The molecule has 0 aliphatic heterocycles. The number of aryl methyl sites for hydroxylation is 3. The number of hydrogen-bond acceptors (Lipinski definition) is 9. The van der Waals surface area contributed by atoms with Crippen molar-refractivity contribution < 1.29 is 24.3 Å². The fraction of sp³-hybridized carbons (Fsp3) is 0.481. The van der Waals surface area contributed by atoms with Crippen molar-refractivity contribution in [2.75, 3.05) is 37.7 Å². The van der Waals surface area contributed by atoms with Crippen LogP contribution in [0.2, 0.25) is 0 Å². The Morgan fingerprint density at radius 2 is 1.81 bits per heavy atom. The van der Waals surface area contributed by atoms with E-state index < -0.39 is 18.6 Å². The molecule has 3 rings (SSSR count). The van der Waals surface area contributed by atoms with Gasteiger partial charge in [0.2, 0.25) is 11.7 Å². The molecule has 0 aliphatic carbocycles. The summed E-state index contributed by atoms with van der Waals surface area (Å²) in [6.45, 7) is 11.4. The molecule has 0 fully saturated rings. The zero-order valence-corrected chi connectivity index (χ0v) is 22.2. The standard InChI is InChI=1S/C27H37N5O5/c1-6-18-11-20(10-17(5)24(18)36-16-22(34)14-28-23(35)15-33)25-30-27(37-31-25)21-12-19(7-2)26(29-13-21)32(8-3)9-4/h10-13,22,33-34H,6-9,14-16H2,1-5H3,(H,28,35)/t22-/m0/s1. The van der Waals surface area contributed by atoms with Crippen LogP contribution in [-0.4, -0.2) is 70.2 Å². The molecule has 2 aromatic heterocycles. The summed E-state index contributed by atoms with van der Waals surface area (Å²) in [6, 6.07) is 5.93. The fourth-order valence-corrected chi connectivity index (χ4v) is 4.12. The zero-order chi connectivity index (χ0) is 26.9. The summed E-state index contributed by atoms with van der Waals surface area (Å²) in [6.07, 6.45) is 2.41. The van der Waals surface area contributed by atoms with E-state index in [0.29, 0.717) is 23.9 Å². The van der Waals surface area contributed by atoms with Gasteiger partial charge in [-0.25, -0.2) is 4.98 Å². The van der Waals surface area contributed by atoms with E-state index in [1.807, 2.05) is 26.0 Å². The Hall–Kier alpha value is -3.50. The van der Waals surface area contributed by atoms with Gasteiger partial charge in [-0.15, -0.1) is 0 Å². The van der Waals surface area contributed by atoms with Crippen molar-refractivity contribution in [1.29, 1.82) is 0 Å². The molecule has 1 aromatic carbocycles. The number of hydrogen-bond donors (Lipinski definition) is 3. The van der Waals surface area contributed by atoms with Gasteiger partial charge in [-0.1, -0.05) is 19.0 Å². The van der Waals surface area contributed by atoms with Crippen LogP contribution in [0.3, 0.4) is 0 Å². The average molecular weight is 512 g/mol. The lowest BCUT2D eigenvalue weighted by Gasteiger charge is -2.22. The Bertz CT molecular complexity index is 1190. The molecule has 0 bridgehead atoms. The summed E-state index contributed by atoms with van der Waals surface area (Å²) in [5.74, 6) is 1.99. The molecule has 200 valence electrons. The molecule has 1 atom stereocenters. The van der Waals surface area contributed by atoms with E-state index in [-0.39, 0.29) is 13.2 Å². The highest BCUT2D eigenvalue weighted by atomic mass is 16.5. The van der Waals surface area contributed by atoms with E-state index in [2.05, 4.69) is 47.2 Å². The first kappa shape index (κ1) is 28.1. The number of carbonyl (C=O) groups excluding carboxylic acids is 1. The molecule has 0 saturated heterocycles. The van der Waals surface area contributed by atoms with E-state index in [1.54, 1.807) is 6.20 Å². The number of carbonyl (C=O) groups is 1. The minimum Gasteiger partial charge on any atom is -0.490 e. The highest BCUT2D eigenvalue weighted by molar-refractivity contribution is 5.76. The molecular formula is C27H37N5O5. The highest BCUT2D eigenvalue weighted by Gasteiger charge is 2.18. The summed E-state index contributed by atoms with van der Waals surface area (Å²) in [7, 11) is 0. The summed E-state index contributed by atoms with van der Waals surface area (Å²) < 4.78 is 11.5. The van der Waals surface area contributed by atoms with Gasteiger partial charge in [0.15, 0.2) is 0 Å². The third kappa shape index (κ3) is 6.84. The number of pyridine rings is 1. The number of benzene rings is 1. The largest absolute Gasteiger partial charge is 0.490 e. The van der Waals surface area contributed by atoms with Crippen LogP contribution < -0.4 is 15.0 Å². The van der Waals surface area contributed by atoms with E-state index in [1.165, 1.54) is 0 Å². The Kier molecular flexibility index (Phi) is 9.99. The first-order valence-electron chi connectivity index (χ1n) is 12.7. The zero-order valence-electron chi connectivity index (χ0n) is 22.2. The SMILES string of the molecule is CCc1cc(-c2nc(-c3cc(C)c(OC[C@@H](O)CNC(=O)CO)c(CC)c3)no2)cnc1N(CC)CC. The van der Waals surface area contributed by atoms with E-state index in [0.717, 1.165) is 53.1 Å². The summed E-state index contributed by atoms with van der Waals surface area (Å²) in [4.78, 5) is 22.7. The van der Waals surface area contributed by atoms with Crippen LogP contribution in [0.4, 0.5) is 5.82 Å². The Balaban J connectivity index is 1.80. The second kappa shape index (κ2) is 13.2. The van der Waals surface area contributed by atoms with E-state index in [4.69, 9.17) is 19.4 Å². The quantitative estimate of drug-likeness (QED) is 0.317. The molecule has 0 saturated carbocycles. The fourth-order valence-electron chi connectivity index (χ4n) is 4.12. The molecule has 0 unspecified atom stereocenters. The van der Waals surface area contributed by atoms with Crippen molar-refractivity contribution in [1.82, 2.24) is 20.4 Å². The number of aromatic nitrogens is 3. The van der Waals surface area contributed by atoms with E-state index in [9.17, 15) is 9.90 Å². The maximum absolute atomic E-state index is 11.2. The molecule has 3 aromatic rings. The smallest absolute Gasteiger partial charge is 0.259 e. The molecule has 37 heavy (non-hydrogen) atoms. The number of amides is 1. The lowest BCUT2D eigenvalue weighted by Crippen LogP contribution is -2.36. The van der Waals surface area contributed by atoms with Crippen LogP contribution in [-0.2, 0) is 17.6 Å². The van der Waals surface area contributed by atoms with Crippen LogP contribution in [0, 0.1) is 6.92 Å². The summed E-state index contributed by atoms with van der Waals surface area (Å²) >= 11 is 0.